The van der Waals surface area contributed by atoms with Crippen LogP contribution in [0.25, 0.3) is 0 Å². The van der Waals surface area contributed by atoms with Gasteiger partial charge in [0.1, 0.15) is 13.2 Å². The largest absolute Gasteiger partial charge is 0.472 e. The molecule has 0 heterocycles. The number of phosphoric ester groups is 1. The van der Waals surface area contributed by atoms with Gasteiger partial charge in [-0.05, 0) is 70.6 Å². The van der Waals surface area contributed by atoms with Crippen LogP contribution in [0.15, 0.2) is 48.6 Å². The van der Waals surface area contributed by atoms with Gasteiger partial charge >= 0.3 is 7.82 Å². The van der Waals surface area contributed by atoms with Crippen LogP contribution in [-0.2, 0) is 18.4 Å². The number of nitrogens with zero attached hydrogens (tertiary/aromatic N) is 1. The van der Waals surface area contributed by atoms with Gasteiger partial charge in [0.25, 0.3) is 0 Å². The molecule has 0 spiro atoms. The summed E-state index contributed by atoms with van der Waals surface area (Å²) in [6, 6.07) is -0.870. The second kappa shape index (κ2) is 49.4. The van der Waals surface area contributed by atoms with Crippen molar-refractivity contribution in [3.63, 3.8) is 0 Å². The normalized spacial score (nSPS) is 14.3. The minimum atomic E-state index is -4.36. The van der Waals surface area contributed by atoms with Crippen LogP contribution in [0.3, 0.4) is 0 Å². The van der Waals surface area contributed by atoms with Gasteiger partial charge in [0.05, 0.1) is 39.9 Å². The SMILES string of the molecule is CCCCCCCCCC/C=C\CCCCCCCCCCCCCCCCCC(=O)NC(COP(=O)(O)OCC[N+](C)(C)C)C(O)/C=C/CC/C=C/CC/C=C/CCCCCCCCCC. The Kier molecular flexibility index (Phi) is 48.3. The highest BCUT2D eigenvalue weighted by atomic mass is 31.2. The Bertz CT molecular complexity index is 1230. The molecule has 3 atom stereocenters. The summed E-state index contributed by atoms with van der Waals surface area (Å²) >= 11 is 0. The van der Waals surface area contributed by atoms with E-state index >= 15 is 0 Å². The van der Waals surface area contributed by atoms with Gasteiger partial charge in [-0.15, -0.1) is 0 Å². The molecule has 0 rings (SSSR count). The molecule has 0 aromatic heterocycles. The third-order valence-corrected chi connectivity index (χ3v) is 13.7. The van der Waals surface area contributed by atoms with Crippen molar-refractivity contribution in [2.24, 2.45) is 0 Å². The van der Waals surface area contributed by atoms with E-state index in [0.29, 0.717) is 17.4 Å². The van der Waals surface area contributed by atoms with E-state index in [9.17, 15) is 19.4 Å². The average molecular weight is 965 g/mol. The van der Waals surface area contributed by atoms with E-state index in [4.69, 9.17) is 9.05 Å². The van der Waals surface area contributed by atoms with Crippen LogP contribution in [0.2, 0.25) is 0 Å². The quantitative estimate of drug-likeness (QED) is 0.0243. The number of allylic oxidation sites excluding steroid dienone is 7. The Balaban J connectivity index is 4.22. The molecule has 0 aromatic carbocycles. The first-order valence-electron chi connectivity index (χ1n) is 28.5. The van der Waals surface area contributed by atoms with Crippen LogP contribution in [0.1, 0.15) is 264 Å². The number of nitrogens with one attached hydrogen (secondary N) is 1. The molecule has 0 aliphatic carbocycles. The van der Waals surface area contributed by atoms with E-state index in [1.165, 1.54) is 199 Å². The van der Waals surface area contributed by atoms with Crippen molar-refractivity contribution >= 4 is 13.7 Å². The molecule has 0 fully saturated rings. The molecule has 9 heteroatoms. The van der Waals surface area contributed by atoms with E-state index in [-0.39, 0.29) is 19.1 Å². The van der Waals surface area contributed by atoms with Crippen molar-refractivity contribution in [1.29, 1.82) is 0 Å². The Hall–Kier alpha value is -1.54. The first-order valence-corrected chi connectivity index (χ1v) is 30.0. The van der Waals surface area contributed by atoms with Gasteiger partial charge in [-0.25, -0.2) is 4.57 Å². The van der Waals surface area contributed by atoms with E-state index in [1.54, 1.807) is 6.08 Å². The number of amides is 1. The molecule has 0 saturated carbocycles. The number of hydrogen-bond donors (Lipinski definition) is 3. The van der Waals surface area contributed by atoms with Gasteiger partial charge in [-0.3, -0.25) is 13.8 Å². The Morgan fingerprint density at radius 2 is 0.821 bits per heavy atom. The lowest BCUT2D eigenvalue weighted by atomic mass is 10.0. The fourth-order valence-electron chi connectivity index (χ4n) is 8.25. The van der Waals surface area contributed by atoms with Crippen molar-refractivity contribution < 1.29 is 32.9 Å². The van der Waals surface area contributed by atoms with Crippen LogP contribution in [0, 0.1) is 0 Å². The van der Waals surface area contributed by atoms with Crippen LogP contribution in [0.4, 0.5) is 0 Å². The molecule has 0 bridgehead atoms. The van der Waals surface area contributed by atoms with Crippen molar-refractivity contribution in [2.45, 2.75) is 276 Å². The number of aliphatic hydroxyl groups excluding tert-OH is 1. The molecule has 0 radical (unpaired) electrons. The molecular formula is C58H112N2O6P+. The highest BCUT2D eigenvalue weighted by Gasteiger charge is 2.27. The molecular weight excluding hydrogens is 852 g/mol. The summed E-state index contributed by atoms with van der Waals surface area (Å²) in [6.07, 6.45) is 65.0. The number of hydrogen-bond acceptors (Lipinski definition) is 5. The zero-order valence-electron chi connectivity index (χ0n) is 44.9. The average Bonchev–Trinajstić information content (AvgIpc) is 3.29. The first kappa shape index (κ1) is 65.5. The summed E-state index contributed by atoms with van der Waals surface area (Å²) in [6.45, 7) is 4.80. The predicted molar refractivity (Wildman–Crippen MR) is 291 cm³/mol. The maximum absolute atomic E-state index is 13.0. The van der Waals surface area contributed by atoms with Crippen LogP contribution < -0.4 is 5.32 Å². The summed E-state index contributed by atoms with van der Waals surface area (Å²) in [7, 11) is 1.55. The van der Waals surface area contributed by atoms with Gasteiger partial charge in [0.2, 0.25) is 5.91 Å². The van der Waals surface area contributed by atoms with Gasteiger partial charge in [-0.2, -0.15) is 0 Å². The standard InChI is InChI=1S/C58H111N2O6P/c1-6-8-10-12-14-16-18-20-22-24-26-27-28-29-30-31-32-33-34-36-38-40-42-44-46-48-50-52-58(62)59-56(55-66-67(63,64)65-54-53-60(3,4)5)57(61)51-49-47-45-43-41-39-37-35-25-23-21-19-17-15-13-11-9-7-2/h24-26,35,41,43,49,51,56-57,61H,6-23,27-34,36-40,42,44-48,50,52-55H2,1-5H3,(H-,59,62,63,64)/p+1/b26-24-,35-25+,43-41+,51-49+. The molecule has 3 N–H and O–H groups in total. The zero-order chi connectivity index (χ0) is 49.2. The predicted octanol–water partition coefficient (Wildman–Crippen LogP) is 17.2. The topological polar surface area (TPSA) is 105 Å². The number of carbonyl (C=O) groups is 1. The van der Waals surface area contributed by atoms with E-state index < -0.39 is 20.0 Å². The monoisotopic (exact) mass is 964 g/mol. The lowest BCUT2D eigenvalue weighted by Crippen LogP contribution is -2.45. The van der Waals surface area contributed by atoms with Gasteiger partial charge < -0.3 is 19.8 Å². The summed E-state index contributed by atoms with van der Waals surface area (Å²) in [5.41, 5.74) is 0. The summed E-state index contributed by atoms with van der Waals surface area (Å²) in [5, 5.41) is 13.9. The molecule has 0 aromatic rings. The van der Waals surface area contributed by atoms with Crippen LogP contribution in [-0.4, -0.2) is 73.4 Å². The van der Waals surface area contributed by atoms with E-state index in [2.05, 4.69) is 55.6 Å². The lowest BCUT2D eigenvalue weighted by Gasteiger charge is -2.25. The number of likely N-dealkylation sites (N-methyl/N-ethyl adjacent to an activating group) is 1. The summed E-state index contributed by atoms with van der Waals surface area (Å²) < 4.78 is 23.7. The summed E-state index contributed by atoms with van der Waals surface area (Å²) in [4.78, 5) is 23.3. The van der Waals surface area contributed by atoms with Crippen molar-refractivity contribution in [1.82, 2.24) is 5.32 Å². The zero-order valence-corrected chi connectivity index (χ0v) is 45.8. The molecule has 394 valence electrons. The third-order valence-electron chi connectivity index (χ3n) is 12.7. The van der Waals surface area contributed by atoms with E-state index in [0.717, 1.165) is 44.9 Å². The lowest BCUT2D eigenvalue weighted by molar-refractivity contribution is -0.870. The van der Waals surface area contributed by atoms with Gasteiger partial charge in [-0.1, -0.05) is 236 Å². The van der Waals surface area contributed by atoms with Gasteiger partial charge in [0, 0.05) is 6.42 Å². The Morgan fingerprint density at radius 1 is 0.493 bits per heavy atom. The maximum Gasteiger partial charge on any atom is 0.472 e. The molecule has 0 aliphatic heterocycles. The maximum atomic E-state index is 13.0. The highest BCUT2D eigenvalue weighted by Crippen LogP contribution is 2.43. The van der Waals surface area contributed by atoms with Gasteiger partial charge in [0.15, 0.2) is 0 Å². The number of quaternary nitrogens is 1. The minimum Gasteiger partial charge on any atom is -0.387 e. The minimum absolute atomic E-state index is 0.0536. The first-order chi connectivity index (χ1) is 32.5. The number of unbranched alkanes of at least 4 members (excludes halogenated alkanes) is 33. The van der Waals surface area contributed by atoms with E-state index in [1.807, 2.05) is 27.2 Å². The third kappa shape index (κ3) is 52.1. The number of aliphatic hydroxyl groups is 1. The molecule has 3 unspecified atom stereocenters. The number of carbonyl (C=O) groups excluding carboxylic acids is 1. The molecule has 67 heavy (non-hydrogen) atoms. The Morgan fingerprint density at radius 3 is 1.19 bits per heavy atom. The second-order valence-electron chi connectivity index (χ2n) is 20.6. The molecule has 1 amide bonds. The number of rotatable bonds is 52. The second-order valence-corrected chi connectivity index (χ2v) is 22.1. The smallest absolute Gasteiger partial charge is 0.387 e. The highest BCUT2D eigenvalue weighted by molar-refractivity contribution is 7.47. The number of phosphoric acid groups is 1. The molecule has 8 nitrogen and oxygen atoms in total. The molecule has 0 saturated heterocycles. The Labute approximate surface area is 416 Å². The van der Waals surface area contributed by atoms with Crippen LogP contribution in [0.5, 0.6) is 0 Å². The van der Waals surface area contributed by atoms with Crippen molar-refractivity contribution in [3.8, 4) is 0 Å². The fourth-order valence-corrected chi connectivity index (χ4v) is 8.98. The van der Waals surface area contributed by atoms with Crippen molar-refractivity contribution in [3.05, 3.63) is 48.6 Å². The van der Waals surface area contributed by atoms with Crippen molar-refractivity contribution in [2.75, 3.05) is 40.9 Å². The fraction of sp³-hybridized carbons (Fsp3) is 0.845. The van der Waals surface area contributed by atoms with Crippen LogP contribution >= 0.6 is 7.82 Å². The summed E-state index contributed by atoms with van der Waals surface area (Å²) in [5.74, 6) is -0.189. The molecule has 0 aliphatic rings.